The molecule has 1 aliphatic carbocycles. The van der Waals surface area contributed by atoms with E-state index in [1.807, 2.05) is 13.0 Å². The van der Waals surface area contributed by atoms with Crippen LogP contribution in [0.25, 0.3) is 39.1 Å². The molecule has 4 aromatic heterocycles. The van der Waals surface area contributed by atoms with Gasteiger partial charge in [0.15, 0.2) is 11.3 Å². The number of H-pyrrole nitrogens is 1. The van der Waals surface area contributed by atoms with E-state index in [1.165, 1.54) is 0 Å². The molecule has 0 atom stereocenters. The lowest BCUT2D eigenvalue weighted by molar-refractivity contribution is -0.142. The molecule has 2 N–H and O–H groups in total. The number of carboxylic acid groups (broad SMARTS) is 1. The predicted molar refractivity (Wildman–Crippen MR) is 133 cm³/mol. The molecule has 1 aliphatic rings. The zero-order valence-electron chi connectivity index (χ0n) is 23.4. The second kappa shape index (κ2) is 8.30. The number of hydrogen-bond donors (Lipinski definition) is 2. The molecule has 6 rings (SSSR count). The summed E-state index contributed by atoms with van der Waals surface area (Å²) in [5.41, 5.74) is 5.50. The summed E-state index contributed by atoms with van der Waals surface area (Å²) in [7, 11) is 0. The number of aromatic amines is 1. The van der Waals surface area contributed by atoms with Crippen molar-refractivity contribution >= 4 is 22.6 Å². The summed E-state index contributed by atoms with van der Waals surface area (Å²) in [4.78, 5) is 21.1. The number of carbonyl (C=O) groups is 1. The number of fused-ring (bicyclic) bond motifs is 3. The van der Waals surface area contributed by atoms with Gasteiger partial charge < -0.3 is 5.11 Å². The first-order chi connectivity index (χ1) is 18.7. The molecule has 0 spiro atoms. The Morgan fingerprint density at radius 3 is 2.69 bits per heavy atom. The number of carboxylic acids is 1. The van der Waals surface area contributed by atoms with Crippen LogP contribution in [-0.4, -0.2) is 40.9 Å². The number of pyridine rings is 1. The van der Waals surface area contributed by atoms with Gasteiger partial charge >= 0.3 is 5.97 Å². The van der Waals surface area contributed by atoms with Crippen molar-refractivity contribution in [3.8, 4) is 22.4 Å². The van der Waals surface area contributed by atoms with E-state index in [-0.39, 0.29) is 41.6 Å². The van der Waals surface area contributed by atoms with Gasteiger partial charge in [-0.1, -0.05) is 29.8 Å². The van der Waals surface area contributed by atoms with Crippen LogP contribution in [0.15, 0.2) is 48.7 Å². The minimum Gasteiger partial charge on any atom is -0.481 e. The van der Waals surface area contributed by atoms with Crippen LogP contribution in [0.1, 0.15) is 54.0 Å². The Labute approximate surface area is 207 Å². The predicted octanol–water partition coefficient (Wildman–Crippen LogP) is 5.31. The number of nitrogens with zero attached hydrogens (tertiary/aromatic N) is 5. The lowest BCUT2D eigenvalue weighted by Crippen LogP contribution is -2.21. The van der Waals surface area contributed by atoms with Crippen molar-refractivity contribution < 1.29 is 15.4 Å². The Bertz CT molecular complexity index is 1740. The SMILES string of the molecule is [2H]c1c([2H])c(C)c([2H])c(-c2ccc(-c3cnn4c3nc(C3CCC(C(=O)O)CC3)c3c(C)[nH]nc34)cn2)c1[2H]. The molecule has 0 amide bonds. The zero-order chi connectivity index (χ0) is 27.6. The summed E-state index contributed by atoms with van der Waals surface area (Å²) in [5, 5.41) is 22.5. The van der Waals surface area contributed by atoms with Crippen molar-refractivity contribution in [3.63, 3.8) is 0 Å². The lowest BCUT2D eigenvalue weighted by atomic mass is 9.79. The van der Waals surface area contributed by atoms with Gasteiger partial charge in [-0.15, -0.1) is 0 Å². The quantitative estimate of drug-likeness (QED) is 0.368. The number of benzene rings is 1. The van der Waals surface area contributed by atoms with Crippen LogP contribution in [-0.2, 0) is 4.79 Å². The minimum absolute atomic E-state index is 0.0254. The standard InChI is InChI=1S/C27H26N6O2/c1-15-4-3-5-19(12-15)22-11-10-20(13-28-22)21-14-29-33-25(21)30-24(23-16(2)31-32-26(23)33)17-6-8-18(9-7-17)27(34)35/h3-5,10-14,17-18H,6-9H2,1-2H3,(H,31,32)(H,34,35)/i3D,4D,5D,12D. The van der Waals surface area contributed by atoms with E-state index < -0.39 is 5.97 Å². The second-order valence-electron chi connectivity index (χ2n) is 9.16. The van der Waals surface area contributed by atoms with Crippen molar-refractivity contribution in [1.82, 2.24) is 29.8 Å². The smallest absolute Gasteiger partial charge is 0.306 e. The van der Waals surface area contributed by atoms with Gasteiger partial charge in [0.1, 0.15) is 0 Å². The van der Waals surface area contributed by atoms with Gasteiger partial charge in [0.25, 0.3) is 0 Å². The first-order valence-electron chi connectivity index (χ1n) is 13.7. The molecule has 1 saturated carbocycles. The number of nitrogens with one attached hydrogen (secondary N) is 1. The fourth-order valence-electron chi connectivity index (χ4n) is 5.03. The molecule has 8 nitrogen and oxygen atoms in total. The third kappa shape index (κ3) is 3.65. The Hall–Kier alpha value is -4.07. The molecule has 0 unspecified atom stereocenters. The molecule has 8 heteroatoms. The normalized spacial score (nSPS) is 19.9. The molecule has 0 radical (unpaired) electrons. The average molecular weight is 471 g/mol. The van der Waals surface area contributed by atoms with E-state index in [0.717, 1.165) is 40.7 Å². The van der Waals surface area contributed by atoms with Gasteiger partial charge in [0, 0.05) is 34.5 Å². The molecule has 176 valence electrons. The molecule has 1 fully saturated rings. The topological polar surface area (TPSA) is 109 Å². The first kappa shape index (κ1) is 17.4. The maximum Gasteiger partial charge on any atom is 0.306 e. The van der Waals surface area contributed by atoms with Crippen LogP contribution < -0.4 is 0 Å². The van der Waals surface area contributed by atoms with Gasteiger partial charge in [-0.3, -0.25) is 14.9 Å². The molecule has 1 aromatic carbocycles. The van der Waals surface area contributed by atoms with Crippen LogP contribution in [0.5, 0.6) is 0 Å². The highest BCUT2D eigenvalue weighted by Gasteiger charge is 2.30. The molecule has 0 aliphatic heterocycles. The summed E-state index contributed by atoms with van der Waals surface area (Å²) in [6, 6.07) is 3.03. The number of hydrogen-bond acceptors (Lipinski definition) is 5. The maximum absolute atomic E-state index is 11.5. The van der Waals surface area contributed by atoms with Crippen molar-refractivity contribution in [1.29, 1.82) is 0 Å². The summed E-state index contributed by atoms with van der Waals surface area (Å²) >= 11 is 0. The van der Waals surface area contributed by atoms with Crippen LogP contribution in [0.3, 0.4) is 0 Å². The van der Waals surface area contributed by atoms with Gasteiger partial charge in [-0.05, 0) is 51.6 Å². The Balaban J connectivity index is 1.44. The highest BCUT2D eigenvalue weighted by Crippen LogP contribution is 2.39. The van der Waals surface area contributed by atoms with E-state index in [4.69, 9.17) is 10.5 Å². The summed E-state index contributed by atoms with van der Waals surface area (Å²) in [5.74, 6) is -0.946. The summed E-state index contributed by atoms with van der Waals surface area (Å²) in [6.07, 6.45) is 6.04. The van der Waals surface area contributed by atoms with Gasteiger partial charge in [-0.25, -0.2) is 4.98 Å². The first-order valence-corrected chi connectivity index (χ1v) is 11.7. The number of aliphatic carboxylic acids is 1. The van der Waals surface area contributed by atoms with Crippen LogP contribution in [0.4, 0.5) is 0 Å². The number of rotatable bonds is 4. The Kier molecular flexibility index (Phi) is 4.12. The Morgan fingerprint density at radius 2 is 1.94 bits per heavy atom. The van der Waals surface area contributed by atoms with Crippen LogP contribution in [0.2, 0.25) is 0 Å². The molecular weight excluding hydrogens is 440 g/mol. The molecule has 0 saturated heterocycles. The van der Waals surface area contributed by atoms with Crippen LogP contribution in [0, 0.1) is 19.8 Å². The van der Waals surface area contributed by atoms with E-state index in [0.29, 0.717) is 35.4 Å². The lowest BCUT2D eigenvalue weighted by Gasteiger charge is -2.26. The van der Waals surface area contributed by atoms with E-state index in [9.17, 15) is 9.90 Å². The van der Waals surface area contributed by atoms with E-state index in [1.54, 1.807) is 29.9 Å². The van der Waals surface area contributed by atoms with Crippen molar-refractivity contribution in [3.05, 3.63) is 65.6 Å². The van der Waals surface area contributed by atoms with Gasteiger partial charge in [0.2, 0.25) is 0 Å². The average Bonchev–Trinajstić information content (AvgIpc) is 3.54. The molecular formula is C27H26N6O2. The minimum atomic E-state index is -0.740. The van der Waals surface area contributed by atoms with Gasteiger partial charge in [-0.2, -0.15) is 14.7 Å². The molecule has 0 bridgehead atoms. The number of aromatic nitrogens is 6. The molecule has 5 aromatic rings. The second-order valence-corrected chi connectivity index (χ2v) is 9.16. The van der Waals surface area contributed by atoms with Crippen molar-refractivity contribution in [2.75, 3.05) is 0 Å². The maximum atomic E-state index is 11.5. The van der Waals surface area contributed by atoms with Crippen molar-refractivity contribution in [2.24, 2.45) is 5.92 Å². The fourth-order valence-corrected chi connectivity index (χ4v) is 5.03. The highest BCUT2D eigenvalue weighted by atomic mass is 16.4. The highest BCUT2D eigenvalue weighted by molar-refractivity contribution is 5.87. The van der Waals surface area contributed by atoms with Crippen molar-refractivity contribution in [2.45, 2.75) is 45.4 Å². The van der Waals surface area contributed by atoms with E-state index in [2.05, 4.69) is 20.3 Å². The number of aryl methyl sites for hydroxylation is 1. The molecule has 35 heavy (non-hydrogen) atoms. The fraction of sp³-hybridized carbons (Fsp3) is 0.296. The largest absolute Gasteiger partial charge is 0.481 e. The summed E-state index contributed by atoms with van der Waals surface area (Å²) < 4.78 is 34.5. The van der Waals surface area contributed by atoms with Crippen LogP contribution >= 0.6 is 0 Å². The monoisotopic (exact) mass is 470 g/mol. The third-order valence-electron chi connectivity index (χ3n) is 6.90. The third-order valence-corrected chi connectivity index (χ3v) is 6.90. The van der Waals surface area contributed by atoms with Gasteiger partial charge in [0.05, 0.1) is 34.4 Å². The van der Waals surface area contributed by atoms with E-state index >= 15 is 0 Å². The summed E-state index contributed by atoms with van der Waals surface area (Å²) in [6.45, 7) is 3.55. The zero-order valence-corrected chi connectivity index (χ0v) is 19.4. The Morgan fingerprint density at radius 1 is 1.11 bits per heavy atom. The molecule has 4 heterocycles.